The van der Waals surface area contributed by atoms with Crippen molar-refractivity contribution in [2.45, 2.75) is 33.2 Å². The topological polar surface area (TPSA) is 64.0 Å². The van der Waals surface area contributed by atoms with Crippen molar-refractivity contribution in [2.75, 3.05) is 5.32 Å². The van der Waals surface area contributed by atoms with Gasteiger partial charge in [0.15, 0.2) is 0 Å². The van der Waals surface area contributed by atoms with E-state index in [9.17, 15) is 9.59 Å². The van der Waals surface area contributed by atoms with Crippen molar-refractivity contribution in [2.24, 2.45) is 0 Å². The number of anilines is 1. The Balaban J connectivity index is 1.95. The average Bonchev–Trinajstić information content (AvgIpc) is 3.12. The van der Waals surface area contributed by atoms with Crippen LogP contribution >= 0.6 is 11.3 Å². The first-order valence-electron chi connectivity index (χ1n) is 8.32. The normalized spacial score (nSPS) is 11.4. The molecule has 26 heavy (non-hydrogen) atoms. The van der Waals surface area contributed by atoms with Crippen LogP contribution in [-0.2, 0) is 10.3 Å². The van der Waals surface area contributed by atoms with Gasteiger partial charge in [0.25, 0.3) is 11.5 Å². The summed E-state index contributed by atoms with van der Waals surface area (Å²) < 4.78 is 1.25. The number of aryl methyl sites for hydroxylation is 2. The molecule has 2 aromatic heterocycles. The van der Waals surface area contributed by atoms with Gasteiger partial charge in [-0.1, -0.05) is 23.8 Å². The molecule has 3 aromatic rings. The summed E-state index contributed by atoms with van der Waals surface area (Å²) in [5.41, 5.74) is 2.05. The lowest BCUT2D eigenvalue weighted by Gasteiger charge is -2.25. The van der Waals surface area contributed by atoms with Crippen molar-refractivity contribution in [1.82, 2.24) is 9.78 Å². The first-order valence-corrected chi connectivity index (χ1v) is 9.20. The number of aromatic nitrogens is 2. The molecule has 6 heteroatoms. The molecule has 0 aliphatic heterocycles. The van der Waals surface area contributed by atoms with Crippen molar-refractivity contribution < 1.29 is 4.79 Å². The summed E-state index contributed by atoms with van der Waals surface area (Å²) in [4.78, 5) is 26.2. The SMILES string of the molecule is Cc1ccc(NC(=O)C(C)(C)n2nc(-c3cccs3)ccc2=O)c(C)c1. The van der Waals surface area contributed by atoms with Crippen LogP contribution in [0, 0.1) is 13.8 Å². The number of hydrogen-bond donors (Lipinski definition) is 1. The molecule has 1 aromatic carbocycles. The predicted molar refractivity (Wildman–Crippen MR) is 106 cm³/mol. The summed E-state index contributed by atoms with van der Waals surface area (Å²) in [6.45, 7) is 7.33. The fourth-order valence-corrected chi connectivity index (χ4v) is 3.38. The molecule has 0 saturated carbocycles. The fraction of sp³-hybridized carbons (Fsp3) is 0.250. The number of nitrogens with zero attached hydrogens (tertiary/aromatic N) is 2. The highest BCUT2D eigenvalue weighted by molar-refractivity contribution is 7.13. The molecule has 134 valence electrons. The molecule has 1 amide bonds. The maximum atomic E-state index is 12.9. The summed E-state index contributed by atoms with van der Waals surface area (Å²) in [6.07, 6.45) is 0. The minimum absolute atomic E-state index is 0.289. The molecule has 0 atom stereocenters. The van der Waals surface area contributed by atoms with Crippen molar-refractivity contribution >= 4 is 22.9 Å². The Kier molecular flexibility index (Phi) is 4.78. The molecule has 5 nitrogen and oxygen atoms in total. The smallest absolute Gasteiger partial charge is 0.267 e. The van der Waals surface area contributed by atoms with E-state index >= 15 is 0 Å². The molecule has 1 N–H and O–H groups in total. The van der Waals surface area contributed by atoms with Crippen LogP contribution < -0.4 is 10.9 Å². The monoisotopic (exact) mass is 367 g/mol. The summed E-state index contributed by atoms with van der Waals surface area (Å²) in [5, 5.41) is 9.31. The third-order valence-corrected chi connectivity index (χ3v) is 5.18. The van der Waals surface area contributed by atoms with Gasteiger partial charge in [0.05, 0.1) is 4.88 Å². The molecule has 0 radical (unpaired) electrons. The number of carbonyl (C=O) groups excluding carboxylic acids is 1. The lowest BCUT2D eigenvalue weighted by atomic mass is 10.0. The minimum Gasteiger partial charge on any atom is -0.324 e. The van der Waals surface area contributed by atoms with Crippen LogP contribution in [-0.4, -0.2) is 15.7 Å². The maximum absolute atomic E-state index is 12.9. The third-order valence-electron chi connectivity index (χ3n) is 4.29. The van der Waals surface area contributed by atoms with Crippen molar-refractivity contribution in [3.63, 3.8) is 0 Å². The quantitative estimate of drug-likeness (QED) is 0.759. The first-order chi connectivity index (χ1) is 12.3. The van der Waals surface area contributed by atoms with Gasteiger partial charge in [-0.2, -0.15) is 5.10 Å². The number of hydrogen-bond acceptors (Lipinski definition) is 4. The summed E-state index contributed by atoms with van der Waals surface area (Å²) in [5.74, 6) is -0.289. The molecular weight excluding hydrogens is 346 g/mol. The van der Waals surface area contributed by atoms with Gasteiger partial charge >= 0.3 is 0 Å². The van der Waals surface area contributed by atoms with Crippen LogP contribution in [0.15, 0.2) is 52.6 Å². The van der Waals surface area contributed by atoms with Gasteiger partial charge in [0.1, 0.15) is 11.2 Å². The molecule has 0 saturated heterocycles. The van der Waals surface area contributed by atoms with E-state index in [0.717, 1.165) is 21.7 Å². The Morgan fingerprint density at radius 2 is 1.92 bits per heavy atom. The number of benzene rings is 1. The Labute approximate surface area is 156 Å². The Hall–Kier alpha value is -2.73. The molecule has 0 unspecified atom stereocenters. The minimum atomic E-state index is -1.14. The van der Waals surface area contributed by atoms with Crippen LogP contribution in [0.2, 0.25) is 0 Å². The molecule has 0 bridgehead atoms. The largest absolute Gasteiger partial charge is 0.324 e. The van der Waals surface area contributed by atoms with E-state index < -0.39 is 5.54 Å². The number of thiophene rings is 1. The first kappa shape index (κ1) is 18.1. The van der Waals surface area contributed by atoms with Crippen LogP contribution in [0.4, 0.5) is 5.69 Å². The summed E-state index contributed by atoms with van der Waals surface area (Å²) >= 11 is 1.54. The predicted octanol–water partition coefficient (Wildman–Crippen LogP) is 3.96. The highest BCUT2D eigenvalue weighted by Crippen LogP contribution is 2.24. The van der Waals surface area contributed by atoms with Crippen LogP contribution in [0.3, 0.4) is 0 Å². The number of rotatable bonds is 4. The van der Waals surface area contributed by atoms with E-state index in [2.05, 4.69) is 10.4 Å². The molecule has 0 spiro atoms. The second-order valence-corrected chi connectivity index (χ2v) is 7.73. The number of nitrogens with one attached hydrogen (secondary N) is 1. The van der Waals surface area contributed by atoms with E-state index in [1.165, 1.54) is 22.1 Å². The van der Waals surface area contributed by atoms with E-state index in [1.54, 1.807) is 19.9 Å². The standard InChI is InChI=1S/C20H21N3O2S/c1-13-7-8-15(14(2)12-13)21-19(25)20(3,4)23-18(24)10-9-16(22-23)17-6-5-11-26-17/h5-12H,1-4H3,(H,21,25). The van der Waals surface area contributed by atoms with E-state index in [-0.39, 0.29) is 11.5 Å². The van der Waals surface area contributed by atoms with E-state index in [0.29, 0.717) is 5.69 Å². The zero-order valence-electron chi connectivity index (χ0n) is 15.2. The van der Waals surface area contributed by atoms with Gasteiger partial charge < -0.3 is 5.32 Å². The van der Waals surface area contributed by atoms with Crippen LogP contribution in [0.5, 0.6) is 0 Å². The molecule has 3 rings (SSSR count). The van der Waals surface area contributed by atoms with Gasteiger partial charge in [-0.15, -0.1) is 11.3 Å². The van der Waals surface area contributed by atoms with Gasteiger partial charge in [-0.3, -0.25) is 9.59 Å². The highest BCUT2D eigenvalue weighted by atomic mass is 32.1. The van der Waals surface area contributed by atoms with Gasteiger partial charge in [-0.25, -0.2) is 4.68 Å². The number of carbonyl (C=O) groups is 1. The Morgan fingerprint density at radius 1 is 1.15 bits per heavy atom. The average molecular weight is 367 g/mol. The van der Waals surface area contributed by atoms with Crippen LogP contribution in [0.25, 0.3) is 10.6 Å². The van der Waals surface area contributed by atoms with E-state index in [1.807, 2.05) is 49.6 Å². The lowest BCUT2D eigenvalue weighted by molar-refractivity contribution is -0.123. The van der Waals surface area contributed by atoms with E-state index in [4.69, 9.17) is 0 Å². The lowest BCUT2D eigenvalue weighted by Crippen LogP contribution is -2.47. The summed E-state index contributed by atoms with van der Waals surface area (Å²) in [6, 6.07) is 12.8. The molecule has 0 aliphatic carbocycles. The van der Waals surface area contributed by atoms with Gasteiger partial charge in [0.2, 0.25) is 0 Å². The third kappa shape index (κ3) is 3.46. The molecule has 0 aliphatic rings. The molecular formula is C20H21N3O2S. The van der Waals surface area contributed by atoms with Gasteiger partial charge in [-0.05, 0) is 56.8 Å². The Morgan fingerprint density at radius 3 is 2.58 bits per heavy atom. The van der Waals surface area contributed by atoms with Crippen molar-refractivity contribution in [3.8, 4) is 10.6 Å². The zero-order valence-corrected chi connectivity index (χ0v) is 16.1. The fourth-order valence-electron chi connectivity index (χ4n) is 2.69. The number of amides is 1. The Bertz CT molecular complexity index is 1000. The highest BCUT2D eigenvalue weighted by Gasteiger charge is 2.32. The maximum Gasteiger partial charge on any atom is 0.267 e. The second-order valence-electron chi connectivity index (χ2n) is 6.78. The van der Waals surface area contributed by atoms with Gasteiger partial charge in [0, 0.05) is 11.8 Å². The van der Waals surface area contributed by atoms with Crippen LogP contribution in [0.1, 0.15) is 25.0 Å². The van der Waals surface area contributed by atoms with Crippen molar-refractivity contribution in [3.05, 3.63) is 69.3 Å². The molecule has 0 fully saturated rings. The second kappa shape index (κ2) is 6.88. The summed E-state index contributed by atoms with van der Waals surface area (Å²) in [7, 11) is 0. The zero-order chi connectivity index (χ0) is 18.9. The van der Waals surface area contributed by atoms with Crippen molar-refractivity contribution in [1.29, 1.82) is 0 Å². The molecule has 2 heterocycles.